The summed E-state index contributed by atoms with van der Waals surface area (Å²) in [4.78, 5) is 0. The Morgan fingerprint density at radius 3 is 1.64 bits per heavy atom. The molecule has 2 N–H and O–H groups in total. The minimum absolute atomic E-state index is 0.188. The number of fused-ring (bicyclic) bond motifs is 3. The maximum atomic E-state index is 12.2. The largest absolute Gasteiger partial charge is 0.543 e. The predicted octanol–water partition coefficient (Wildman–Crippen LogP) is 10.1. The van der Waals surface area contributed by atoms with Gasteiger partial charge in [-0.25, -0.2) is 0 Å². The predicted molar refractivity (Wildman–Crippen MR) is 209 cm³/mol. The van der Waals surface area contributed by atoms with Crippen LogP contribution >= 0.6 is 0 Å². The lowest BCUT2D eigenvalue weighted by molar-refractivity contribution is -0.373. The molecular formula is C39H72O8Si3. The first-order chi connectivity index (χ1) is 22.8. The van der Waals surface area contributed by atoms with E-state index in [9.17, 15) is 10.2 Å². The smallest absolute Gasteiger partial charge is 0.349 e. The van der Waals surface area contributed by atoms with Crippen LogP contribution < -0.4 is 8.85 Å². The molecule has 0 amide bonds. The monoisotopic (exact) mass is 752 g/mol. The molecule has 5 atom stereocenters. The molecule has 3 aliphatic heterocycles. The van der Waals surface area contributed by atoms with Crippen LogP contribution in [0.25, 0.3) is 0 Å². The highest BCUT2D eigenvalue weighted by molar-refractivity contribution is 6.79. The first-order valence-corrected chi connectivity index (χ1v) is 25.4. The van der Waals surface area contributed by atoms with Crippen LogP contribution in [0, 0.1) is 0 Å². The highest BCUT2D eigenvalue weighted by Crippen LogP contribution is 2.59. The molecule has 11 heteroatoms. The molecule has 0 radical (unpaired) electrons. The molecule has 4 rings (SSSR count). The van der Waals surface area contributed by atoms with Crippen LogP contribution in [-0.2, 0) is 30.7 Å². The van der Waals surface area contributed by atoms with E-state index in [0.717, 1.165) is 11.3 Å². The van der Waals surface area contributed by atoms with Crippen LogP contribution in [0.15, 0.2) is 12.1 Å². The number of aliphatic hydroxyl groups excluding tert-OH is 2. The molecule has 3 aliphatic rings. The van der Waals surface area contributed by atoms with Gasteiger partial charge in [-0.1, -0.05) is 125 Å². The normalized spacial score (nSPS) is 27.6. The minimum atomic E-state index is -2.95. The van der Waals surface area contributed by atoms with Crippen molar-refractivity contribution >= 4 is 25.2 Å². The van der Waals surface area contributed by atoms with E-state index in [4.69, 9.17) is 27.2 Å². The first kappa shape index (κ1) is 42.0. The molecule has 2 fully saturated rings. The van der Waals surface area contributed by atoms with Crippen LogP contribution in [-0.4, -0.2) is 66.4 Å². The van der Waals surface area contributed by atoms with Crippen molar-refractivity contribution in [2.24, 2.45) is 0 Å². The summed E-state index contributed by atoms with van der Waals surface area (Å²) in [5.41, 5.74) is 3.57. The average molecular weight is 753 g/mol. The molecule has 0 saturated carbocycles. The Labute approximate surface area is 307 Å². The number of rotatable bonds is 10. The molecular weight excluding hydrogens is 681 g/mol. The van der Waals surface area contributed by atoms with Gasteiger partial charge in [0, 0.05) is 16.1 Å². The highest BCUT2D eigenvalue weighted by Gasteiger charge is 2.68. The van der Waals surface area contributed by atoms with Crippen molar-refractivity contribution < 1.29 is 37.4 Å². The van der Waals surface area contributed by atoms with E-state index in [1.54, 1.807) is 0 Å². The maximum Gasteiger partial charge on any atom is 0.349 e. The quantitative estimate of drug-likeness (QED) is 0.228. The SMILES string of the molecule is CC(C)[Si](Oc1cc2c(c(O[Si](C(C)C)(C(C)C)C(C)C)c1)[C@]1(OC2)O[C@@H]2CO[Si](C(C)(C)C)(C(C)(C)C)O[C@H]2[C@H](O)[C@H]1O)(C(C)C)C(C)C. The van der Waals surface area contributed by atoms with Crippen molar-refractivity contribution in [1.82, 2.24) is 0 Å². The molecule has 0 unspecified atom stereocenters. The summed E-state index contributed by atoms with van der Waals surface area (Å²) in [6.45, 7) is 40.6. The fourth-order valence-electron chi connectivity index (χ4n) is 10.6. The third-order valence-corrected chi connectivity index (χ3v) is 29.5. The van der Waals surface area contributed by atoms with Crippen molar-refractivity contribution in [3.05, 3.63) is 23.3 Å². The van der Waals surface area contributed by atoms with E-state index >= 15 is 0 Å². The zero-order valence-corrected chi connectivity index (χ0v) is 37.7. The molecule has 3 heterocycles. The zero-order chi connectivity index (χ0) is 38.2. The number of hydrogen-bond acceptors (Lipinski definition) is 8. The van der Waals surface area contributed by atoms with E-state index in [1.165, 1.54) is 0 Å². The lowest BCUT2D eigenvalue weighted by atomic mass is 9.87. The van der Waals surface area contributed by atoms with Crippen molar-refractivity contribution in [3.63, 3.8) is 0 Å². The second kappa shape index (κ2) is 14.1. The van der Waals surface area contributed by atoms with Gasteiger partial charge in [0.05, 0.1) is 18.8 Å². The van der Waals surface area contributed by atoms with E-state index in [0.29, 0.717) is 44.6 Å². The van der Waals surface area contributed by atoms with E-state index in [2.05, 4.69) is 131 Å². The number of benzene rings is 1. The summed E-state index contributed by atoms with van der Waals surface area (Å²) < 4.78 is 42.0. The van der Waals surface area contributed by atoms with E-state index in [-0.39, 0.29) is 23.3 Å². The molecule has 2 saturated heterocycles. The Bertz CT molecular complexity index is 1290. The summed E-state index contributed by atoms with van der Waals surface area (Å²) in [5.74, 6) is -0.247. The molecule has 50 heavy (non-hydrogen) atoms. The van der Waals surface area contributed by atoms with Crippen molar-refractivity contribution in [2.45, 2.75) is 205 Å². The van der Waals surface area contributed by atoms with Crippen LogP contribution in [0.1, 0.15) is 136 Å². The fourth-order valence-corrected chi connectivity index (χ4v) is 26.0. The number of aliphatic hydroxyl groups is 2. The third kappa shape index (κ3) is 6.44. The topological polar surface area (TPSA) is 95.8 Å². The van der Waals surface area contributed by atoms with Gasteiger partial charge in [-0.3, -0.25) is 0 Å². The van der Waals surface area contributed by atoms with Gasteiger partial charge in [-0.2, -0.15) is 0 Å². The third-order valence-electron chi connectivity index (χ3n) is 12.4. The van der Waals surface area contributed by atoms with Gasteiger partial charge >= 0.3 is 8.56 Å². The lowest BCUT2D eigenvalue weighted by Crippen LogP contribution is -2.72. The number of hydrogen-bond donors (Lipinski definition) is 2. The Hall–Kier alpha value is -0.769. The molecule has 0 bridgehead atoms. The molecule has 8 nitrogen and oxygen atoms in total. The van der Waals surface area contributed by atoms with Crippen LogP contribution in [0.2, 0.25) is 43.3 Å². The van der Waals surface area contributed by atoms with Gasteiger partial charge in [0.2, 0.25) is 5.79 Å². The molecule has 1 aromatic rings. The molecule has 1 spiro atoms. The molecule has 0 aromatic heterocycles. The standard InChI is InChI=1S/C39H72O8Si3/c1-23(2)48(24(3)4,25(5)6)45-30-19-29-21-42-39(33(29)31(20-30)46-49(26(7)8,27(9)10)28(11)12)36(41)34(40)35-32(44-39)22-43-50(47-35,37(13,14)15)38(16,17)18/h19-20,23-28,32,34-36,40-41H,21-22H2,1-18H3/t32-,34+,35-,36-,39+/m1/s1. The van der Waals surface area contributed by atoms with Crippen LogP contribution in [0.4, 0.5) is 0 Å². The van der Waals surface area contributed by atoms with Crippen LogP contribution in [0.5, 0.6) is 11.5 Å². The fraction of sp³-hybridized carbons (Fsp3) is 0.846. The van der Waals surface area contributed by atoms with Gasteiger partial charge in [0.15, 0.2) is 0 Å². The minimum Gasteiger partial charge on any atom is -0.543 e. The second-order valence-corrected chi connectivity index (χ2v) is 34.9. The summed E-state index contributed by atoms with van der Waals surface area (Å²) in [6.07, 6.45) is -4.11. The van der Waals surface area contributed by atoms with Crippen molar-refractivity contribution in [1.29, 1.82) is 0 Å². The highest BCUT2D eigenvalue weighted by atomic mass is 28.4. The zero-order valence-electron chi connectivity index (χ0n) is 34.7. The Balaban J connectivity index is 1.91. The van der Waals surface area contributed by atoms with Gasteiger partial charge in [0.1, 0.15) is 35.9 Å². The van der Waals surface area contributed by atoms with Crippen molar-refractivity contribution in [3.8, 4) is 11.5 Å². The summed E-state index contributed by atoms with van der Waals surface area (Å²) in [5, 5.41) is 23.7. The number of ether oxygens (including phenoxy) is 2. The van der Waals surface area contributed by atoms with Gasteiger partial charge in [-0.05, 0) is 44.9 Å². The Morgan fingerprint density at radius 1 is 0.740 bits per heavy atom. The van der Waals surface area contributed by atoms with Gasteiger partial charge < -0.3 is 37.4 Å². The summed E-state index contributed by atoms with van der Waals surface area (Å²) >= 11 is 0. The second-order valence-electron chi connectivity index (χ2n) is 19.4. The maximum absolute atomic E-state index is 12.2. The Kier molecular flexibility index (Phi) is 11.9. The Morgan fingerprint density at radius 2 is 1.20 bits per heavy atom. The molecule has 0 aliphatic carbocycles. The van der Waals surface area contributed by atoms with Gasteiger partial charge in [0.25, 0.3) is 16.6 Å². The average Bonchev–Trinajstić information content (AvgIpc) is 3.33. The summed E-state index contributed by atoms with van der Waals surface area (Å²) in [6, 6.07) is 4.10. The molecule has 1 aromatic carbocycles. The van der Waals surface area contributed by atoms with Crippen LogP contribution in [0.3, 0.4) is 0 Å². The van der Waals surface area contributed by atoms with Crippen molar-refractivity contribution in [2.75, 3.05) is 6.61 Å². The molecule has 288 valence electrons. The van der Waals surface area contributed by atoms with E-state index < -0.39 is 55.4 Å². The summed E-state index contributed by atoms with van der Waals surface area (Å²) in [7, 11) is -7.79. The van der Waals surface area contributed by atoms with Gasteiger partial charge in [-0.15, -0.1) is 0 Å². The lowest BCUT2D eigenvalue weighted by Gasteiger charge is -2.58. The van der Waals surface area contributed by atoms with E-state index in [1.807, 2.05) is 6.07 Å². The first-order valence-electron chi connectivity index (χ1n) is 19.3.